The van der Waals surface area contributed by atoms with Crippen LogP contribution in [-0.2, 0) is 29.1 Å². The highest BCUT2D eigenvalue weighted by molar-refractivity contribution is 5.65. The fourth-order valence-corrected chi connectivity index (χ4v) is 3.14. The summed E-state index contributed by atoms with van der Waals surface area (Å²) < 4.78 is 0. The number of rotatable bonds is 7. The van der Waals surface area contributed by atoms with E-state index in [4.69, 9.17) is 9.78 Å². The van der Waals surface area contributed by atoms with Gasteiger partial charge in [-0.15, -0.1) is 0 Å². The first-order chi connectivity index (χ1) is 13.0. The highest BCUT2D eigenvalue weighted by Crippen LogP contribution is 2.05. The lowest BCUT2D eigenvalue weighted by molar-refractivity contribution is -0.336. The molecule has 0 aromatic carbocycles. The largest absolute Gasteiger partial charge is 0.339 e. The Balaban J connectivity index is 1.91. The Kier molecular flexibility index (Phi) is 9.95. The van der Waals surface area contributed by atoms with E-state index in [1.54, 1.807) is 0 Å². The minimum atomic E-state index is -0.550. The highest BCUT2D eigenvalue weighted by atomic mass is 17.2. The number of carbonyl (C=O) groups is 2. The lowest BCUT2D eigenvalue weighted by atomic mass is 10.3. The zero-order chi connectivity index (χ0) is 19.5. The smallest absolute Gasteiger partial charge is 0.314 e. The van der Waals surface area contributed by atoms with Gasteiger partial charge in [0.2, 0.25) is 0 Å². The predicted molar refractivity (Wildman–Crippen MR) is 96.5 cm³/mol. The molecule has 27 heavy (non-hydrogen) atoms. The molecule has 1 N–H and O–H groups in total. The summed E-state index contributed by atoms with van der Waals surface area (Å²) in [5, 5.41) is 3.48. The molecule has 2 fully saturated rings. The second-order valence-electron chi connectivity index (χ2n) is 6.89. The summed E-state index contributed by atoms with van der Waals surface area (Å²) in [6.07, 6.45) is -0.550. The van der Waals surface area contributed by atoms with Crippen LogP contribution in [0.15, 0.2) is 0 Å². The van der Waals surface area contributed by atoms with Gasteiger partial charge in [-0.25, -0.2) is 9.59 Å². The van der Waals surface area contributed by atoms with Crippen LogP contribution >= 0.6 is 0 Å². The van der Waals surface area contributed by atoms with Gasteiger partial charge in [0.05, 0.1) is 0 Å². The van der Waals surface area contributed by atoms with Gasteiger partial charge in [0.25, 0.3) is 0 Å². The number of hydrogen-bond donors (Lipinski definition) is 1. The van der Waals surface area contributed by atoms with Crippen LogP contribution in [0.5, 0.6) is 0 Å². The molecule has 10 heteroatoms. The van der Waals surface area contributed by atoms with E-state index in [0.29, 0.717) is 6.54 Å². The highest BCUT2D eigenvalue weighted by Gasteiger charge is 2.22. The maximum absolute atomic E-state index is 11.1. The summed E-state index contributed by atoms with van der Waals surface area (Å²) >= 11 is 0. The molecule has 0 radical (unpaired) electrons. The Morgan fingerprint density at radius 3 is 1.96 bits per heavy atom. The minimum Gasteiger partial charge on any atom is -0.314 e. The molecule has 0 aromatic heterocycles. The van der Waals surface area contributed by atoms with Crippen LogP contribution in [0.3, 0.4) is 0 Å². The second kappa shape index (κ2) is 12.2. The van der Waals surface area contributed by atoms with Crippen molar-refractivity contribution in [3.8, 4) is 0 Å². The average Bonchev–Trinajstić information content (AvgIpc) is 2.78. The van der Waals surface area contributed by atoms with Gasteiger partial charge in [0.15, 0.2) is 0 Å². The van der Waals surface area contributed by atoms with Crippen molar-refractivity contribution in [2.75, 3.05) is 78.6 Å². The van der Waals surface area contributed by atoms with E-state index in [0.717, 1.165) is 65.4 Å². The molecule has 0 spiro atoms. The Labute approximate surface area is 160 Å². The van der Waals surface area contributed by atoms with Crippen LogP contribution < -0.4 is 5.32 Å². The second-order valence-corrected chi connectivity index (χ2v) is 6.89. The van der Waals surface area contributed by atoms with Crippen molar-refractivity contribution in [2.45, 2.75) is 20.0 Å². The maximum atomic E-state index is 11.1. The van der Waals surface area contributed by atoms with Crippen LogP contribution in [0.1, 0.15) is 13.8 Å². The van der Waals surface area contributed by atoms with Gasteiger partial charge in [0.1, 0.15) is 12.7 Å². The van der Waals surface area contributed by atoms with E-state index in [1.807, 2.05) is 0 Å². The molecule has 2 saturated heterocycles. The predicted octanol–water partition coefficient (Wildman–Crippen LogP) is -1.13. The lowest BCUT2D eigenvalue weighted by Gasteiger charge is -2.29. The topological polar surface area (TPSA) is 92.8 Å². The Morgan fingerprint density at radius 2 is 1.41 bits per heavy atom. The van der Waals surface area contributed by atoms with Crippen LogP contribution in [0.25, 0.3) is 0 Å². The average molecular weight is 388 g/mol. The van der Waals surface area contributed by atoms with Crippen molar-refractivity contribution in [2.24, 2.45) is 0 Å². The Morgan fingerprint density at radius 1 is 0.852 bits per heavy atom. The lowest BCUT2D eigenvalue weighted by Crippen LogP contribution is -2.44. The van der Waals surface area contributed by atoms with Crippen molar-refractivity contribution < 1.29 is 29.1 Å². The molecular weight excluding hydrogens is 356 g/mol. The van der Waals surface area contributed by atoms with Crippen molar-refractivity contribution >= 4 is 11.9 Å². The number of nitrogens with zero attached hydrogens (tertiary/aromatic N) is 3. The van der Waals surface area contributed by atoms with Gasteiger partial charge in [-0.1, -0.05) is 0 Å². The van der Waals surface area contributed by atoms with Gasteiger partial charge in [-0.3, -0.25) is 24.5 Å². The SMILES string of the molecule is CC(=O)OOCC(CN1CCN2CCNCCN(CC2)CC1)OOC(C)=O. The van der Waals surface area contributed by atoms with Crippen molar-refractivity contribution in [3.05, 3.63) is 0 Å². The molecular formula is C17H32N4O6. The molecule has 2 aliphatic heterocycles. The number of carbonyl (C=O) groups excluding carboxylic acids is 2. The third-order valence-electron chi connectivity index (χ3n) is 4.60. The fourth-order valence-electron chi connectivity index (χ4n) is 3.14. The van der Waals surface area contributed by atoms with Crippen molar-refractivity contribution in [3.63, 3.8) is 0 Å². The van der Waals surface area contributed by atoms with E-state index >= 15 is 0 Å². The van der Waals surface area contributed by atoms with E-state index in [-0.39, 0.29) is 6.61 Å². The van der Waals surface area contributed by atoms with Crippen LogP contribution in [0.4, 0.5) is 0 Å². The summed E-state index contributed by atoms with van der Waals surface area (Å²) in [6, 6.07) is 0. The molecule has 0 amide bonds. The van der Waals surface area contributed by atoms with Gasteiger partial charge in [0, 0.05) is 85.8 Å². The first-order valence-electron chi connectivity index (χ1n) is 9.54. The molecule has 156 valence electrons. The molecule has 2 aliphatic rings. The van der Waals surface area contributed by atoms with E-state index in [1.165, 1.54) is 13.8 Å². The summed E-state index contributed by atoms with van der Waals surface area (Å²) in [4.78, 5) is 48.4. The van der Waals surface area contributed by atoms with E-state index < -0.39 is 18.0 Å². The van der Waals surface area contributed by atoms with Gasteiger partial charge in [-0.05, 0) is 0 Å². The van der Waals surface area contributed by atoms with E-state index in [2.05, 4.69) is 29.8 Å². The molecule has 2 heterocycles. The van der Waals surface area contributed by atoms with Crippen LogP contribution in [0.2, 0.25) is 0 Å². The van der Waals surface area contributed by atoms with Crippen LogP contribution in [-0.4, -0.2) is 111 Å². The molecule has 0 saturated carbocycles. The van der Waals surface area contributed by atoms with Gasteiger partial charge in [-0.2, -0.15) is 9.78 Å². The first-order valence-corrected chi connectivity index (χ1v) is 9.54. The monoisotopic (exact) mass is 388 g/mol. The molecule has 10 nitrogen and oxygen atoms in total. The molecule has 2 rings (SSSR count). The standard InChI is InChI=1S/C17H32N4O6/c1-15(22)25-24-14-17(27-26-16(2)23)13-21-11-9-19-5-3-18-4-6-20(8-7-19)10-12-21/h17-18H,3-14H2,1-2H3. The number of hydrogen-bond acceptors (Lipinski definition) is 10. The fraction of sp³-hybridized carbons (Fsp3) is 0.882. The minimum absolute atomic E-state index is 0.0132. The zero-order valence-electron chi connectivity index (χ0n) is 16.4. The summed E-state index contributed by atoms with van der Waals surface area (Å²) in [5.41, 5.74) is 0. The van der Waals surface area contributed by atoms with Crippen LogP contribution in [0, 0.1) is 0 Å². The molecule has 0 aliphatic carbocycles. The van der Waals surface area contributed by atoms with Crippen molar-refractivity contribution in [1.29, 1.82) is 0 Å². The Bertz CT molecular complexity index is 449. The summed E-state index contributed by atoms with van der Waals surface area (Å²) in [6.45, 7) is 12.9. The summed E-state index contributed by atoms with van der Waals surface area (Å²) in [7, 11) is 0. The quantitative estimate of drug-likeness (QED) is 0.426. The van der Waals surface area contributed by atoms with Gasteiger partial charge < -0.3 is 5.32 Å². The normalized spacial score (nSPS) is 25.9. The molecule has 3 atom stereocenters. The summed E-state index contributed by atoms with van der Waals surface area (Å²) in [5.74, 6) is -1.08. The van der Waals surface area contributed by atoms with Gasteiger partial charge >= 0.3 is 11.9 Å². The maximum Gasteiger partial charge on any atom is 0.339 e. The Hall–Kier alpha value is -1.30. The molecule has 0 aromatic rings. The molecule has 3 unspecified atom stereocenters. The zero-order valence-corrected chi connectivity index (χ0v) is 16.4. The molecule has 2 bridgehead atoms. The number of fused-ring (bicyclic) bond motifs is 3. The first kappa shape index (κ1) is 22.0. The third-order valence-corrected chi connectivity index (χ3v) is 4.60. The number of nitrogens with one attached hydrogen (secondary N) is 1. The van der Waals surface area contributed by atoms with Crippen molar-refractivity contribution in [1.82, 2.24) is 20.0 Å². The third kappa shape index (κ3) is 9.45. The van der Waals surface area contributed by atoms with E-state index in [9.17, 15) is 9.59 Å².